The lowest BCUT2D eigenvalue weighted by Gasteiger charge is -2.12. The zero-order valence-corrected chi connectivity index (χ0v) is 11.2. The zero-order valence-electron chi connectivity index (χ0n) is 9.56. The summed E-state index contributed by atoms with van der Waals surface area (Å²) < 4.78 is 0. The molecule has 0 aromatic heterocycles. The highest BCUT2D eigenvalue weighted by Gasteiger charge is 2.10. The van der Waals surface area contributed by atoms with Gasteiger partial charge in [0.15, 0.2) is 0 Å². The Hall–Kier alpha value is -0.510. The third kappa shape index (κ3) is 3.24. The SMILES string of the molecule is Cc1cccc(CNC2N=CCS2)c1C.Cl. The van der Waals surface area contributed by atoms with Crippen LogP contribution >= 0.6 is 24.2 Å². The number of nitrogens with one attached hydrogen (secondary N) is 1. The molecule has 1 aliphatic heterocycles. The van der Waals surface area contributed by atoms with Gasteiger partial charge in [0.1, 0.15) is 5.50 Å². The van der Waals surface area contributed by atoms with Gasteiger partial charge in [-0.05, 0) is 30.5 Å². The second-order valence-electron chi connectivity index (χ2n) is 3.76. The molecule has 1 unspecified atom stereocenters. The van der Waals surface area contributed by atoms with Gasteiger partial charge in [-0.3, -0.25) is 10.3 Å². The molecule has 1 aromatic carbocycles. The molecule has 16 heavy (non-hydrogen) atoms. The molecule has 2 nitrogen and oxygen atoms in total. The molecule has 0 fully saturated rings. The van der Waals surface area contributed by atoms with E-state index in [1.165, 1.54) is 16.7 Å². The molecule has 0 radical (unpaired) electrons. The topological polar surface area (TPSA) is 24.4 Å². The molecule has 0 amide bonds. The Labute approximate surface area is 107 Å². The van der Waals surface area contributed by atoms with E-state index in [4.69, 9.17) is 0 Å². The summed E-state index contributed by atoms with van der Waals surface area (Å²) in [5, 5.41) is 3.43. The van der Waals surface area contributed by atoms with Crippen LogP contribution in [0.4, 0.5) is 0 Å². The fraction of sp³-hybridized carbons (Fsp3) is 0.417. The maximum Gasteiger partial charge on any atom is 0.147 e. The molecule has 1 aliphatic rings. The van der Waals surface area contributed by atoms with Crippen molar-refractivity contribution in [1.29, 1.82) is 0 Å². The third-order valence-electron chi connectivity index (χ3n) is 2.75. The predicted octanol–water partition coefficient (Wildman–Crippen LogP) is 2.92. The van der Waals surface area contributed by atoms with E-state index >= 15 is 0 Å². The largest absolute Gasteiger partial charge is 0.283 e. The standard InChI is InChI=1S/C12H16N2S.ClH/c1-9-4-3-5-11(10(9)2)8-14-12-13-6-7-15-12;/h3-6,12,14H,7-8H2,1-2H3;1H. The molecule has 0 saturated heterocycles. The number of hydrogen-bond donors (Lipinski definition) is 1. The fourth-order valence-corrected chi connectivity index (χ4v) is 2.36. The molecular weight excluding hydrogens is 240 g/mol. The van der Waals surface area contributed by atoms with E-state index in [1.54, 1.807) is 0 Å². The van der Waals surface area contributed by atoms with E-state index in [1.807, 2.05) is 18.0 Å². The zero-order chi connectivity index (χ0) is 10.7. The summed E-state index contributed by atoms with van der Waals surface area (Å²) in [6.07, 6.45) is 1.98. The Morgan fingerprint density at radius 1 is 1.44 bits per heavy atom. The van der Waals surface area contributed by atoms with Gasteiger partial charge in [0.25, 0.3) is 0 Å². The summed E-state index contributed by atoms with van der Waals surface area (Å²) in [6.45, 7) is 5.24. The molecule has 88 valence electrons. The second-order valence-corrected chi connectivity index (χ2v) is 4.87. The molecule has 1 aromatic rings. The average molecular weight is 257 g/mol. The summed E-state index contributed by atoms with van der Waals surface area (Å²) in [5.41, 5.74) is 4.37. The quantitative estimate of drug-likeness (QED) is 0.899. The minimum Gasteiger partial charge on any atom is -0.283 e. The summed E-state index contributed by atoms with van der Waals surface area (Å²) >= 11 is 1.84. The van der Waals surface area contributed by atoms with Crippen LogP contribution in [-0.2, 0) is 6.54 Å². The summed E-state index contributed by atoms with van der Waals surface area (Å²) in [5.74, 6) is 1.03. The van der Waals surface area contributed by atoms with Gasteiger partial charge in [0, 0.05) is 18.5 Å². The van der Waals surface area contributed by atoms with Crippen molar-refractivity contribution in [1.82, 2.24) is 5.32 Å². The predicted molar refractivity (Wildman–Crippen MR) is 74.7 cm³/mol. The monoisotopic (exact) mass is 256 g/mol. The molecular formula is C12H17ClN2S. The number of rotatable bonds is 3. The Balaban J connectivity index is 0.00000128. The Morgan fingerprint density at radius 3 is 2.94 bits per heavy atom. The average Bonchev–Trinajstić information content (AvgIpc) is 2.73. The highest BCUT2D eigenvalue weighted by molar-refractivity contribution is 8.00. The van der Waals surface area contributed by atoms with Gasteiger partial charge in [-0.15, -0.1) is 24.2 Å². The van der Waals surface area contributed by atoms with Crippen LogP contribution in [0.1, 0.15) is 16.7 Å². The second kappa shape index (κ2) is 6.28. The molecule has 0 aliphatic carbocycles. The van der Waals surface area contributed by atoms with Crippen LogP contribution in [0.15, 0.2) is 23.2 Å². The molecule has 2 rings (SSSR count). The molecule has 1 N–H and O–H groups in total. The Morgan fingerprint density at radius 2 is 2.25 bits per heavy atom. The highest BCUT2D eigenvalue weighted by atomic mass is 35.5. The number of halogens is 1. The molecule has 0 bridgehead atoms. The number of nitrogens with zero attached hydrogens (tertiary/aromatic N) is 1. The number of thioether (sulfide) groups is 1. The third-order valence-corrected chi connectivity index (χ3v) is 3.70. The lowest BCUT2D eigenvalue weighted by atomic mass is 10.0. The van der Waals surface area contributed by atoms with Crippen molar-refractivity contribution in [2.24, 2.45) is 4.99 Å². The minimum absolute atomic E-state index is 0. The van der Waals surface area contributed by atoms with E-state index in [0.29, 0.717) is 0 Å². The van der Waals surface area contributed by atoms with Gasteiger partial charge in [-0.2, -0.15) is 0 Å². The van der Waals surface area contributed by atoms with Crippen molar-refractivity contribution in [3.63, 3.8) is 0 Å². The van der Waals surface area contributed by atoms with Gasteiger partial charge in [0.05, 0.1) is 0 Å². The smallest absolute Gasteiger partial charge is 0.147 e. The molecule has 0 spiro atoms. The van der Waals surface area contributed by atoms with Crippen LogP contribution in [0.3, 0.4) is 0 Å². The highest BCUT2D eigenvalue weighted by Crippen LogP contribution is 2.16. The van der Waals surface area contributed by atoms with Crippen molar-refractivity contribution < 1.29 is 0 Å². The number of aliphatic imine (C=N–C) groups is 1. The number of benzene rings is 1. The van der Waals surface area contributed by atoms with Crippen LogP contribution in [-0.4, -0.2) is 17.5 Å². The Bertz CT molecular complexity index is 379. The van der Waals surface area contributed by atoms with E-state index in [9.17, 15) is 0 Å². The molecule has 4 heteroatoms. The first kappa shape index (κ1) is 13.6. The van der Waals surface area contributed by atoms with Crippen molar-refractivity contribution in [2.75, 3.05) is 5.75 Å². The van der Waals surface area contributed by atoms with Crippen LogP contribution in [0.5, 0.6) is 0 Å². The van der Waals surface area contributed by atoms with Crippen LogP contribution < -0.4 is 5.32 Å². The number of hydrogen-bond acceptors (Lipinski definition) is 3. The van der Waals surface area contributed by atoms with Crippen molar-refractivity contribution in [2.45, 2.75) is 25.9 Å². The molecule has 1 heterocycles. The van der Waals surface area contributed by atoms with E-state index in [0.717, 1.165) is 12.3 Å². The van der Waals surface area contributed by atoms with Gasteiger partial charge < -0.3 is 0 Å². The van der Waals surface area contributed by atoms with Gasteiger partial charge >= 0.3 is 0 Å². The lowest BCUT2D eigenvalue weighted by molar-refractivity contribution is 0.673. The fourth-order valence-electron chi connectivity index (χ4n) is 1.63. The van der Waals surface area contributed by atoms with E-state index < -0.39 is 0 Å². The Kier molecular flexibility index (Phi) is 5.32. The number of aryl methyl sites for hydroxylation is 1. The van der Waals surface area contributed by atoms with Gasteiger partial charge in [-0.1, -0.05) is 18.2 Å². The maximum atomic E-state index is 4.33. The summed E-state index contributed by atoms with van der Waals surface area (Å²) in [7, 11) is 0. The van der Waals surface area contributed by atoms with Crippen molar-refractivity contribution in [3.8, 4) is 0 Å². The van der Waals surface area contributed by atoms with Gasteiger partial charge in [-0.25, -0.2) is 0 Å². The minimum atomic E-state index is 0. The summed E-state index contributed by atoms with van der Waals surface area (Å²) in [6, 6.07) is 6.45. The first-order valence-electron chi connectivity index (χ1n) is 5.19. The van der Waals surface area contributed by atoms with E-state index in [2.05, 4.69) is 42.4 Å². The lowest BCUT2D eigenvalue weighted by Crippen LogP contribution is -2.22. The summed E-state index contributed by atoms with van der Waals surface area (Å²) in [4.78, 5) is 4.33. The first-order chi connectivity index (χ1) is 7.27. The molecule has 1 atom stereocenters. The van der Waals surface area contributed by atoms with Gasteiger partial charge in [0.2, 0.25) is 0 Å². The maximum absolute atomic E-state index is 4.33. The van der Waals surface area contributed by atoms with Crippen LogP contribution in [0, 0.1) is 13.8 Å². The van der Waals surface area contributed by atoms with E-state index in [-0.39, 0.29) is 17.9 Å². The van der Waals surface area contributed by atoms with Crippen LogP contribution in [0.2, 0.25) is 0 Å². The normalized spacial score (nSPS) is 18.5. The first-order valence-corrected chi connectivity index (χ1v) is 6.24. The van der Waals surface area contributed by atoms with Crippen LogP contribution in [0.25, 0.3) is 0 Å². The van der Waals surface area contributed by atoms with Crippen molar-refractivity contribution >= 4 is 30.4 Å². The van der Waals surface area contributed by atoms with Crippen molar-refractivity contribution in [3.05, 3.63) is 34.9 Å². The molecule has 0 saturated carbocycles.